The van der Waals surface area contributed by atoms with Gasteiger partial charge in [-0.3, -0.25) is 9.69 Å². The third kappa shape index (κ3) is 5.26. The molecule has 3 rings (SSSR count). The molecule has 0 saturated carbocycles. The van der Waals surface area contributed by atoms with E-state index in [0.717, 1.165) is 0 Å². The zero-order valence-electron chi connectivity index (χ0n) is 18.2. The molecule has 0 atom stereocenters. The number of hydrogen-bond acceptors (Lipinski definition) is 7. The normalized spacial score (nSPS) is 16.0. The minimum Gasteiger partial charge on any atom is -0.493 e. The number of amidine groups is 1. The van der Waals surface area contributed by atoms with Gasteiger partial charge in [-0.1, -0.05) is 11.6 Å². The highest BCUT2D eigenvalue weighted by molar-refractivity contribution is 8.18. The van der Waals surface area contributed by atoms with Crippen molar-refractivity contribution >= 4 is 52.2 Å². The zero-order valence-corrected chi connectivity index (χ0v) is 19.7. The Hall–Kier alpha value is -2.97. The first-order valence-electron chi connectivity index (χ1n) is 9.91. The molecule has 2 aromatic carbocycles. The number of benzene rings is 2. The van der Waals surface area contributed by atoms with Gasteiger partial charge in [-0.25, -0.2) is 9.79 Å². The smallest absolute Gasteiger partial charge is 0.338 e. The molecule has 32 heavy (non-hydrogen) atoms. The summed E-state index contributed by atoms with van der Waals surface area (Å²) in [5, 5.41) is 0.955. The molecule has 0 aromatic heterocycles. The van der Waals surface area contributed by atoms with Crippen molar-refractivity contribution < 1.29 is 23.8 Å². The monoisotopic (exact) mass is 474 g/mol. The van der Waals surface area contributed by atoms with Crippen molar-refractivity contribution in [1.82, 2.24) is 4.90 Å². The summed E-state index contributed by atoms with van der Waals surface area (Å²) in [6, 6.07) is 10.1. The zero-order chi connectivity index (χ0) is 23.3. The molecule has 1 heterocycles. The van der Waals surface area contributed by atoms with Crippen molar-refractivity contribution in [2.45, 2.75) is 13.8 Å². The van der Waals surface area contributed by atoms with Gasteiger partial charge in [-0.15, -0.1) is 0 Å². The standard InChI is InChI=1S/C23H23ClN2O5S/c1-5-30-19-13-17(24)15(11-18(19)29-4)12-20-21(27)26(3)23(32-20)25-16-9-7-14(8-10-16)22(28)31-6-2/h7-13H,5-6H2,1-4H3/b20-12-,25-23?. The topological polar surface area (TPSA) is 77.4 Å². The molecule has 0 aliphatic carbocycles. The van der Waals surface area contributed by atoms with E-state index in [9.17, 15) is 9.59 Å². The van der Waals surface area contributed by atoms with Crippen LogP contribution in [0.4, 0.5) is 5.69 Å². The number of amides is 1. The lowest BCUT2D eigenvalue weighted by molar-refractivity contribution is -0.121. The highest BCUT2D eigenvalue weighted by atomic mass is 35.5. The van der Waals surface area contributed by atoms with Crippen LogP contribution in [0.15, 0.2) is 46.3 Å². The van der Waals surface area contributed by atoms with Crippen LogP contribution in [0.5, 0.6) is 11.5 Å². The van der Waals surface area contributed by atoms with Gasteiger partial charge in [0.15, 0.2) is 16.7 Å². The van der Waals surface area contributed by atoms with Gasteiger partial charge in [0, 0.05) is 13.1 Å². The summed E-state index contributed by atoms with van der Waals surface area (Å²) < 4.78 is 15.9. The van der Waals surface area contributed by atoms with E-state index in [1.807, 2.05) is 6.92 Å². The number of halogens is 1. The minimum atomic E-state index is -0.387. The van der Waals surface area contributed by atoms with E-state index in [0.29, 0.717) is 56.6 Å². The molecule has 1 aliphatic heterocycles. The van der Waals surface area contributed by atoms with Crippen molar-refractivity contribution in [1.29, 1.82) is 0 Å². The number of methoxy groups -OCH3 is 1. The number of rotatable bonds is 7. The summed E-state index contributed by atoms with van der Waals surface area (Å²) in [7, 11) is 3.20. The van der Waals surface area contributed by atoms with Crippen LogP contribution >= 0.6 is 23.4 Å². The summed E-state index contributed by atoms with van der Waals surface area (Å²) >= 11 is 7.64. The van der Waals surface area contributed by atoms with Crippen LogP contribution in [0.25, 0.3) is 6.08 Å². The lowest BCUT2D eigenvalue weighted by Gasteiger charge is -2.11. The van der Waals surface area contributed by atoms with Gasteiger partial charge in [0.1, 0.15) is 0 Å². The average Bonchev–Trinajstić information content (AvgIpc) is 3.04. The number of esters is 1. The molecule has 168 valence electrons. The van der Waals surface area contributed by atoms with E-state index in [4.69, 9.17) is 25.8 Å². The Morgan fingerprint density at radius 3 is 2.50 bits per heavy atom. The molecule has 0 unspecified atom stereocenters. The third-order valence-corrected chi connectivity index (χ3v) is 5.86. The van der Waals surface area contributed by atoms with Crippen molar-refractivity contribution in [2.75, 3.05) is 27.4 Å². The second-order valence-corrected chi connectivity index (χ2v) is 8.01. The minimum absolute atomic E-state index is 0.194. The first-order valence-corrected chi connectivity index (χ1v) is 11.1. The number of carbonyl (C=O) groups is 2. The summed E-state index contributed by atoms with van der Waals surface area (Å²) in [4.78, 5) is 31.0. The lowest BCUT2D eigenvalue weighted by Crippen LogP contribution is -2.23. The van der Waals surface area contributed by atoms with Gasteiger partial charge >= 0.3 is 5.97 Å². The number of likely N-dealkylation sites (N-methyl/N-ethyl adjacent to an activating group) is 1. The summed E-state index contributed by atoms with van der Waals surface area (Å²) in [6.07, 6.45) is 1.70. The molecule has 1 saturated heterocycles. The maximum atomic E-state index is 12.8. The van der Waals surface area contributed by atoms with E-state index >= 15 is 0 Å². The molecule has 7 nitrogen and oxygen atoms in total. The second kappa shape index (κ2) is 10.6. The Labute approximate surface area is 196 Å². The SMILES string of the molecule is CCOC(=O)c1ccc(N=C2S/C(=C\c3cc(OC)c(OCC)cc3Cl)C(=O)N2C)cc1. The first-order chi connectivity index (χ1) is 15.4. The maximum Gasteiger partial charge on any atom is 0.338 e. The molecule has 2 aromatic rings. The Morgan fingerprint density at radius 1 is 1.16 bits per heavy atom. The third-order valence-electron chi connectivity index (χ3n) is 4.48. The Kier molecular flexibility index (Phi) is 7.82. The van der Waals surface area contributed by atoms with Gasteiger partial charge in [-0.05, 0) is 67.6 Å². The molecule has 1 amide bonds. The predicted octanol–water partition coefficient (Wildman–Crippen LogP) is 5.16. The maximum absolute atomic E-state index is 12.8. The molecule has 0 spiro atoms. The fourth-order valence-corrected chi connectivity index (χ4v) is 4.07. The predicted molar refractivity (Wildman–Crippen MR) is 127 cm³/mol. The Bertz CT molecular complexity index is 1080. The van der Waals surface area contributed by atoms with E-state index in [-0.39, 0.29) is 11.9 Å². The van der Waals surface area contributed by atoms with E-state index in [2.05, 4.69) is 4.99 Å². The molecule has 1 fully saturated rings. The number of hydrogen-bond donors (Lipinski definition) is 0. The van der Waals surface area contributed by atoms with Crippen LogP contribution < -0.4 is 9.47 Å². The van der Waals surface area contributed by atoms with Crippen LogP contribution in [0.1, 0.15) is 29.8 Å². The average molecular weight is 475 g/mol. The summed E-state index contributed by atoms with van der Waals surface area (Å²) in [6.45, 7) is 4.42. The molecular weight excluding hydrogens is 452 g/mol. The molecule has 1 aliphatic rings. The van der Waals surface area contributed by atoms with Gasteiger partial charge in [0.2, 0.25) is 0 Å². The molecular formula is C23H23ClN2O5S. The summed E-state index contributed by atoms with van der Waals surface area (Å²) in [5.74, 6) is 0.489. The highest BCUT2D eigenvalue weighted by Crippen LogP contribution is 2.38. The second-order valence-electron chi connectivity index (χ2n) is 6.59. The number of carbonyl (C=O) groups excluding carboxylic acids is 2. The summed E-state index contributed by atoms with van der Waals surface area (Å²) in [5.41, 5.74) is 1.69. The largest absolute Gasteiger partial charge is 0.493 e. The van der Waals surface area contributed by atoms with Crippen molar-refractivity contribution in [3.8, 4) is 11.5 Å². The first kappa shape index (κ1) is 23.7. The van der Waals surface area contributed by atoms with Crippen molar-refractivity contribution in [3.05, 3.63) is 57.5 Å². The Balaban J connectivity index is 1.86. The number of ether oxygens (including phenoxy) is 3. The molecule has 0 N–H and O–H groups in total. The highest BCUT2D eigenvalue weighted by Gasteiger charge is 2.30. The fourth-order valence-electron chi connectivity index (χ4n) is 2.88. The van der Waals surface area contributed by atoms with Crippen LogP contribution in [0.2, 0.25) is 5.02 Å². The van der Waals surface area contributed by atoms with Crippen LogP contribution in [-0.4, -0.2) is 49.3 Å². The van der Waals surface area contributed by atoms with Crippen LogP contribution in [0.3, 0.4) is 0 Å². The van der Waals surface area contributed by atoms with Crippen molar-refractivity contribution in [3.63, 3.8) is 0 Å². The number of nitrogens with zero attached hydrogens (tertiary/aromatic N) is 2. The van der Waals surface area contributed by atoms with E-state index in [1.54, 1.807) is 63.6 Å². The van der Waals surface area contributed by atoms with Gasteiger partial charge < -0.3 is 14.2 Å². The van der Waals surface area contributed by atoms with E-state index in [1.165, 1.54) is 16.7 Å². The van der Waals surface area contributed by atoms with Gasteiger partial charge in [-0.2, -0.15) is 0 Å². The number of aliphatic imine (C=N–C) groups is 1. The Morgan fingerprint density at radius 2 is 1.88 bits per heavy atom. The quantitative estimate of drug-likeness (QED) is 0.407. The molecule has 9 heteroatoms. The van der Waals surface area contributed by atoms with Gasteiger partial charge in [0.25, 0.3) is 5.91 Å². The lowest BCUT2D eigenvalue weighted by atomic mass is 10.1. The fraction of sp³-hybridized carbons (Fsp3) is 0.261. The number of thioether (sulfide) groups is 1. The van der Waals surface area contributed by atoms with Gasteiger partial charge in [0.05, 0.1) is 41.5 Å². The molecule has 0 radical (unpaired) electrons. The van der Waals surface area contributed by atoms with Crippen LogP contribution in [-0.2, 0) is 9.53 Å². The van der Waals surface area contributed by atoms with Crippen molar-refractivity contribution in [2.24, 2.45) is 4.99 Å². The molecule has 0 bridgehead atoms. The van der Waals surface area contributed by atoms with E-state index < -0.39 is 0 Å². The van der Waals surface area contributed by atoms with Crippen LogP contribution in [0, 0.1) is 0 Å².